The first-order chi connectivity index (χ1) is 5.16. The largest absolute Gasteiger partial charge is 0.388 e. The highest BCUT2D eigenvalue weighted by molar-refractivity contribution is 4.89. The quantitative estimate of drug-likeness (QED) is 0.359. The fourth-order valence-corrected chi connectivity index (χ4v) is 0.960. The van der Waals surface area contributed by atoms with E-state index in [-0.39, 0.29) is 6.61 Å². The van der Waals surface area contributed by atoms with E-state index in [9.17, 15) is 0 Å². The molecule has 0 aromatic heterocycles. The summed E-state index contributed by atoms with van der Waals surface area (Å²) in [7, 11) is 0. The number of hydrogen-bond acceptors (Lipinski definition) is 5. The van der Waals surface area contributed by atoms with Crippen LogP contribution in [0.5, 0.6) is 0 Å². The third-order valence-corrected chi connectivity index (χ3v) is 1.69. The molecule has 1 aliphatic heterocycles. The summed E-state index contributed by atoms with van der Waals surface area (Å²) in [6.45, 7) is 0.569. The van der Waals surface area contributed by atoms with Crippen LogP contribution in [0.2, 0.25) is 0 Å². The minimum absolute atomic E-state index is 0.0834. The van der Waals surface area contributed by atoms with Gasteiger partial charge in [-0.2, -0.15) is 0 Å². The molecular formula is C6H11O5. The summed E-state index contributed by atoms with van der Waals surface area (Å²) in [5, 5.41) is 35.5. The minimum atomic E-state index is -1.26. The van der Waals surface area contributed by atoms with Crippen molar-refractivity contribution in [1.29, 1.82) is 0 Å². The number of rotatable bonds is 1. The molecule has 1 radical (unpaired) electrons. The van der Waals surface area contributed by atoms with Crippen LogP contribution in [0.15, 0.2) is 0 Å². The van der Waals surface area contributed by atoms with Crippen molar-refractivity contribution in [3.63, 3.8) is 0 Å². The molecule has 4 atom stereocenters. The Hall–Kier alpha value is -0.200. The molecule has 0 amide bonds. The summed E-state index contributed by atoms with van der Waals surface area (Å²) in [6.07, 6.45) is -4.50. The Morgan fingerprint density at radius 1 is 1.18 bits per heavy atom. The van der Waals surface area contributed by atoms with E-state index in [1.54, 1.807) is 0 Å². The van der Waals surface area contributed by atoms with E-state index >= 15 is 0 Å². The van der Waals surface area contributed by atoms with Gasteiger partial charge in [-0.25, -0.2) is 0 Å². The van der Waals surface area contributed by atoms with Gasteiger partial charge >= 0.3 is 0 Å². The fraction of sp³-hybridized carbons (Fsp3) is 0.833. The Balaban J connectivity index is 2.52. The average Bonchev–Trinajstić information content (AvgIpc) is 2.01. The molecule has 0 aliphatic carbocycles. The van der Waals surface area contributed by atoms with Gasteiger partial charge in [0.2, 0.25) is 0 Å². The lowest BCUT2D eigenvalue weighted by Gasteiger charge is -2.33. The molecule has 0 bridgehead atoms. The van der Waals surface area contributed by atoms with E-state index in [1.165, 1.54) is 0 Å². The molecule has 0 aromatic rings. The van der Waals surface area contributed by atoms with Crippen LogP contribution in [0.25, 0.3) is 0 Å². The molecule has 5 heteroatoms. The molecule has 11 heavy (non-hydrogen) atoms. The second-order valence-electron chi connectivity index (χ2n) is 2.50. The maximum absolute atomic E-state index is 9.08. The van der Waals surface area contributed by atoms with Gasteiger partial charge in [0.05, 0.1) is 6.61 Å². The van der Waals surface area contributed by atoms with Crippen LogP contribution in [0.1, 0.15) is 0 Å². The second kappa shape index (κ2) is 3.46. The van der Waals surface area contributed by atoms with Crippen LogP contribution in [0.3, 0.4) is 0 Å². The van der Waals surface area contributed by atoms with E-state index in [0.29, 0.717) is 6.61 Å². The predicted octanol–water partition coefficient (Wildman–Crippen LogP) is -2.00. The molecule has 65 valence electrons. The zero-order valence-corrected chi connectivity index (χ0v) is 5.79. The third-order valence-electron chi connectivity index (χ3n) is 1.69. The topological polar surface area (TPSA) is 90.2 Å². The van der Waals surface area contributed by atoms with Crippen LogP contribution < -0.4 is 0 Å². The molecule has 0 unspecified atom stereocenters. The van der Waals surface area contributed by atoms with Gasteiger partial charge in [-0.1, -0.05) is 0 Å². The minimum Gasteiger partial charge on any atom is -0.388 e. The van der Waals surface area contributed by atoms with Crippen molar-refractivity contribution >= 4 is 0 Å². The lowest BCUT2D eigenvalue weighted by Crippen LogP contribution is -2.52. The van der Waals surface area contributed by atoms with Gasteiger partial charge in [0.25, 0.3) is 0 Å². The van der Waals surface area contributed by atoms with Crippen molar-refractivity contribution in [3.8, 4) is 0 Å². The van der Waals surface area contributed by atoms with E-state index in [0.717, 1.165) is 0 Å². The van der Waals surface area contributed by atoms with Crippen LogP contribution in [-0.4, -0.2) is 51.4 Å². The number of ether oxygens (including phenoxy) is 1. The van der Waals surface area contributed by atoms with Crippen molar-refractivity contribution in [2.45, 2.75) is 24.4 Å². The Labute approximate surface area is 63.8 Å². The molecule has 1 fully saturated rings. The highest BCUT2D eigenvalue weighted by Crippen LogP contribution is 2.16. The molecule has 0 saturated carbocycles. The van der Waals surface area contributed by atoms with Crippen molar-refractivity contribution in [2.24, 2.45) is 0 Å². The van der Waals surface area contributed by atoms with Gasteiger partial charge in [-0.15, -0.1) is 0 Å². The zero-order valence-electron chi connectivity index (χ0n) is 5.79. The maximum atomic E-state index is 9.08. The monoisotopic (exact) mass is 163 g/mol. The molecule has 1 aliphatic rings. The smallest absolute Gasteiger partial charge is 0.115 e. The summed E-state index contributed by atoms with van der Waals surface area (Å²) in [4.78, 5) is 0. The predicted molar refractivity (Wildman–Crippen MR) is 34.0 cm³/mol. The first-order valence-corrected chi connectivity index (χ1v) is 3.30. The lowest BCUT2D eigenvalue weighted by atomic mass is 10.0. The summed E-state index contributed by atoms with van der Waals surface area (Å²) in [6, 6.07) is 0. The molecule has 5 nitrogen and oxygen atoms in total. The maximum Gasteiger partial charge on any atom is 0.115 e. The molecule has 1 saturated heterocycles. The van der Waals surface area contributed by atoms with E-state index in [1.807, 2.05) is 0 Å². The van der Waals surface area contributed by atoms with Gasteiger partial charge in [0, 0.05) is 0 Å². The molecular weight excluding hydrogens is 152 g/mol. The number of aliphatic hydroxyl groups is 4. The Morgan fingerprint density at radius 2 is 1.82 bits per heavy atom. The first-order valence-electron chi connectivity index (χ1n) is 3.30. The van der Waals surface area contributed by atoms with Gasteiger partial charge in [-0.05, 0) is 0 Å². The number of hydrogen-bond donors (Lipinski definition) is 4. The van der Waals surface area contributed by atoms with Crippen LogP contribution in [0, 0.1) is 6.61 Å². The van der Waals surface area contributed by atoms with Gasteiger partial charge in [0.1, 0.15) is 31.0 Å². The molecule has 1 rings (SSSR count). The molecule has 1 heterocycles. The van der Waals surface area contributed by atoms with Crippen molar-refractivity contribution in [1.82, 2.24) is 0 Å². The SMILES string of the molecule is O[CH][C@@H]1OC[C@@H](O)[C@H](O)[C@@H]1O. The highest BCUT2D eigenvalue weighted by atomic mass is 16.5. The summed E-state index contributed by atoms with van der Waals surface area (Å²) >= 11 is 0. The van der Waals surface area contributed by atoms with Crippen LogP contribution in [0.4, 0.5) is 0 Å². The third kappa shape index (κ3) is 1.69. The highest BCUT2D eigenvalue weighted by Gasteiger charge is 2.37. The summed E-state index contributed by atoms with van der Waals surface area (Å²) < 4.78 is 4.76. The van der Waals surface area contributed by atoms with E-state index < -0.39 is 24.4 Å². The first kappa shape index (κ1) is 8.89. The molecule has 4 N–H and O–H groups in total. The summed E-state index contributed by atoms with van der Waals surface area (Å²) in [5.74, 6) is 0. The van der Waals surface area contributed by atoms with E-state index in [2.05, 4.69) is 0 Å². The Bertz CT molecular complexity index is 126. The Morgan fingerprint density at radius 3 is 2.36 bits per heavy atom. The second-order valence-corrected chi connectivity index (χ2v) is 2.50. The lowest BCUT2D eigenvalue weighted by molar-refractivity contribution is -0.185. The van der Waals surface area contributed by atoms with Crippen LogP contribution in [-0.2, 0) is 4.74 Å². The van der Waals surface area contributed by atoms with Crippen LogP contribution >= 0.6 is 0 Å². The standard InChI is InChI=1S/C6H11O5/c7-1-4-6(10)5(9)3(8)2-11-4/h1,3-10H,2H2/t3-,4+,5+,6-/m1/s1. The van der Waals surface area contributed by atoms with Crippen molar-refractivity contribution in [3.05, 3.63) is 6.61 Å². The van der Waals surface area contributed by atoms with Gasteiger partial charge < -0.3 is 25.2 Å². The molecule has 0 aromatic carbocycles. The van der Waals surface area contributed by atoms with Crippen molar-refractivity contribution < 1.29 is 25.2 Å². The number of aliphatic hydroxyl groups excluding tert-OH is 4. The zero-order chi connectivity index (χ0) is 8.43. The summed E-state index contributed by atoms with van der Waals surface area (Å²) in [5.41, 5.74) is 0. The van der Waals surface area contributed by atoms with Gasteiger partial charge in [0.15, 0.2) is 0 Å². The average molecular weight is 163 g/mol. The van der Waals surface area contributed by atoms with E-state index in [4.69, 9.17) is 25.2 Å². The van der Waals surface area contributed by atoms with Gasteiger partial charge in [-0.3, -0.25) is 0 Å². The Kier molecular flexibility index (Phi) is 2.80. The normalized spacial score (nSPS) is 45.8. The van der Waals surface area contributed by atoms with Crippen molar-refractivity contribution in [2.75, 3.05) is 6.61 Å². The fourth-order valence-electron chi connectivity index (χ4n) is 0.960. The molecule has 0 spiro atoms.